The molecule has 0 unspecified atom stereocenters. The number of fused-ring (bicyclic) bond motifs is 1. The average Bonchev–Trinajstić information content (AvgIpc) is 3.18. The van der Waals surface area contributed by atoms with Crippen molar-refractivity contribution in [3.05, 3.63) is 24.3 Å². The summed E-state index contributed by atoms with van der Waals surface area (Å²) in [7, 11) is 1.60. The molecule has 2 aliphatic rings. The van der Waals surface area contributed by atoms with Crippen LogP contribution in [0.1, 0.15) is 46.5 Å². The van der Waals surface area contributed by atoms with Gasteiger partial charge in [-0.25, -0.2) is 4.79 Å². The molecule has 1 aromatic carbocycles. The molecule has 2 aliphatic heterocycles. The van der Waals surface area contributed by atoms with Gasteiger partial charge in [0, 0.05) is 18.8 Å². The van der Waals surface area contributed by atoms with Crippen LogP contribution in [0.2, 0.25) is 0 Å². The van der Waals surface area contributed by atoms with E-state index >= 15 is 0 Å². The summed E-state index contributed by atoms with van der Waals surface area (Å²) in [6.07, 6.45) is 3.07. The summed E-state index contributed by atoms with van der Waals surface area (Å²) in [6.45, 7) is 6.84. The molecule has 0 aliphatic carbocycles. The van der Waals surface area contributed by atoms with Gasteiger partial charge in [0.2, 0.25) is 0 Å². The number of amides is 2. The first-order valence-electron chi connectivity index (χ1n) is 10.7. The Morgan fingerprint density at radius 3 is 2.60 bits per heavy atom. The first-order chi connectivity index (χ1) is 14.4. The lowest BCUT2D eigenvalue weighted by molar-refractivity contribution is -0.217. The molecule has 8 heteroatoms. The predicted molar refractivity (Wildman–Crippen MR) is 113 cm³/mol. The number of benzene rings is 1. The molecular formula is C22H34N2O6. The summed E-state index contributed by atoms with van der Waals surface area (Å²) >= 11 is 0. The van der Waals surface area contributed by atoms with Crippen LogP contribution >= 0.6 is 0 Å². The van der Waals surface area contributed by atoms with Crippen molar-refractivity contribution in [1.82, 2.24) is 5.32 Å². The third-order valence-corrected chi connectivity index (χ3v) is 5.21. The van der Waals surface area contributed by atoms with Gasteiger partial charge in [-0.15, -0.1) is 0 Å². The number of ether oxygens (including phenoxy) is 5. The van der Waals surface area contributed by atoms with Gasteiger partial charge in [0.15, 0.2) is 12.1 Å². The number of methoxy groups -OCH3 is 1. The third kappa shape index (κ3) is 6.07. The van der Waals surface area contributed by atoms with E-state index in [0.717, 1.165) is 18.6 Å². The van der Waals surface area contributed by atoms with Crippen molar-refractivity contribution in [2.24, 2.45) is 0 Å². The van der Waals surface area contributed by atoms with E-state index < -0.39 is 12.1 Å². The van der Waals surface area contributed by atoms with Gasteiger partial charge in [-0.2, -0.15) is 0 Å². The van der Waals surface area contributed by atoms with Crippen LogP contribution in [0.15, 0.2) is 24.3 Å². The molecule has 2 N–H and O–H groups in total. The highest BCUT2D eigenvalue weighted by molar-refractivity contribution is 5.89. The summed E-state index contributed by atoms with van der Waals surface area (Å²) < 4.78 is 29.1. The minimum absolute atomic E-state index is 0.292. The van der Waals surface area contributed by atoms with Crippen LogP contribution in [-0.4, -0.2) is 56.7 Å². The highest BCUT2D eigenvalue weighted by Crippen LogP contribution is 2.38. The van der Waals surface area contributed by atoms with E-state index in [2.05, 4.69) is 17.6 Å². The lowest BCUT2D eigenvalue weighted by Crippen LogP contribution is -2.44. The molecule has 3 rings (SSSR count). The largest absolute Gasteiger partial charge is 0.497 e. The topological polar surface area (TPSA) is 87.3 Å². The normalized spacial score (nSPS) is 26.9. The van der Waals surface area contributed by atoms with E-state index in [4.69, 9.17) is 23.7 Å². The summed E-state index contributed by atoms with van der Waals surface area (Å²) in [5, 5.41) is 5.65. The fourth-order valence-electron chi connectivity index (χ4n) is 3.70. The van der Waals surface area contributed by atoms with Crippen molar-refractivity contribution >= 4 is 11.7 Å². The molecule has 2 amide bonds. The summed E-state index contributed by atoms with van der Waals surface area (Å²) in [5.74, 6) is 0.0252. The molecule has 2 heterocycles. The number of unbranched alkanes of at least 4 members (excludes halogenated alkanes) is 3. The van der Waals surface area contributed by atoms with Crippen LogP contribution in [0.3, 0.4) is 0 Å². The minimum Gasteiger partial charge on any atom is -0.497 e. The first kappa shape index (κ1) is 22.8. The van der Waals surface area contributed by atoms with Crippen LogP contribution in [-0.2, 0) is 18.9 Å². The Bertz CT molecular complexity index is 681. The van der Waals surface area contributed by atoms with Gasteiger partial charge in [0.1, 0.15) is 24.1 Å². The van der Waals surface area contributed by atoms with Gasteiger partial charge in [0.05, 0.1) is 7.11 Å². The summed E-state index contributed by atoms with van der Waals surface area (Å²) in [4.78, 5) is 12.3. The smallest absolute Gasteiger partial charge is 0.319 e. The summed E-state index contributed by atoms with van der Waals surface area (Å²) in [6, 6.07) is 6.82. The minimum atomic E-state index is -0.705. The molecule has 1 aromatic rings. The van der Waals surface area contributed by atoms with E-state index in [-0.39, 0.29) is 24.3 Å². The maximum Gasteiger partial charge on any atom is 0.319 e. The highest BCUT2D eigenvalue weighted by Gasteiger charge is 2.55. The van der Waals surface area contributed by atoms with E-state index in [1.54, 1.807) is 31.4 Å². The number of hydrogen-bond acceptors (Lipinski definition) is 6. The van der Waals surface area contributed by atoms with Crippen molar-refractivity contribution in [2.75, 3.05) is 25.6 Å². The van der Waals surface area contributed by atoms with Gasteiger partial charge < -0.3 is 34.3 Å². The zero-order valence-electron chi connectivity index (χ0n) is 18.3. The molecule has 0 spiro atoms. The molecule has 30 heavy (non-hydrogen) atoms. The summed E-state index contributed by atoms with van der Waals surface area (Å²) in [5.41, 5.74) is 0.676. The van der Waals surface area contributed by atoms with Crippen LogP contribution in [0, 0.1) is 0 Å². The van der Waals surface area contributed by atoms with Crippen LogP contribution < -0.4 is 15.4 Å². The number of nitrogens with one attached hydrogen (secondary N) is 2. The van der Waals surface area contributed by atoms with Gasteiger partial charge in [-0.3, -0.25) is 0 Å². The standard InChI is InChI=1S/C22H34N2O6/c1-5-6-7-8-13-27-18-17(28-20-19(18)29-22(2,3)30-20)14-23-21(25)24-15-9-11-16(26-4)12-10-15/h9-12,17-20H,5-8,13-14H2,1-4H3,(H2,23,24,25)/t17-,18+,19-,20-/m1/s1. The Morgan fingerprint density at radius 2 is 1.90 bits per heavy atom. The Labute approximate surface area is 178 Å². The van der Waals surface area contributed by atoms with Gasteiger partial charge in [0.25, 0.3) is 0 Å². The Hall–Kier alpha value is -1.87. The SMILES string of the molecule is CCCCCCO[C@@H]1[C@H]2OC(C)(C)O[C@H]2O[C@@H]1CNC(=O)Nc1ccc(OC)cc1. The fraction of sp³-hybridized carbons (Fsp3) is 0.682. The average molecular weight is 423 g/mol. The second kappa shape index (κ2) is 10.4. The van der Waals surface area contributed by atoms with Crippen LogP contribution in [0.5, 0.6) is 5.75 Å². The zero-order valence-corrected chi connectivity index (χ0v) is 18.3. The third-order valence-electron chi connectivity index (χ3n) is 5.21. The monoisotopic (exact) mass is 422 g/mol. The quantitative estimate of drug-likeness (QED) is 0.560. The number of carbonyl (C=O) groups is 1. The van der Waals surface area contributed by atoms with E-state index in [1.165, 1.54) is 12.8 Å². The van der Waals surface area contributed by atoms with Crippen molar-refractivity contribution < 1.29 is 28.5 Å². The molecule has 0 aromatic heterocycles. The van der Waals surface area contributed by atoms with Gasteiger partial charge >= 0.3 is 6.03 Å². The molecular weight excluding hydrogens is 388 g/mol. The van der Waals surface area contributed by atoms with Crippen LogP contribution in [0.25, 0.3) is 0 Å². The predicted octanol–water partition coefficient (Wildman–Crippen LogP) is 3.66. The van der Waals surface area contributed by atoms with E-state index in [9.17, 15) is 4.79 Å². The second-order valence-corrected chi connectivity index (χ2v) is 8.10. The molecule has 4 atom stereocenters. The Kier molecular flexibility index (Phi) is 7.93. The maximum atomic E-state index is 12.3. The number of hydrogen-bond donors (Lipinski definition) is 2. The van der Waals surface area contributed by atoms with E-state index in [0.29, 0.717) is 18.8 Å². The van der Waals surface area contributed by atoms with Crippen LogP contribution in [0.4, 0.5) is 10.5 Å². The Balaban J connectivity index is 1.51. The van der Waals surface area contributed by atoms with Crippen molar-refractivity contribution in [2.45, 2.75) is 76.8 Å². The Morgan fingerprint density at radius 1 is 1.13 bits per heavy atom. The molecule has 0 bridgehead atoms. The molecule has 2 saturated heterocycles. The maximum absolute atomic E-state index is 12.3. The number of carbonyl (C=O) groups excluding carboxylic acids is 1. The molecule has 168 valence electrons. The van der Waals surface area contributed by atoms with Crippen molar-refractivity contribution in [1.29, 1.82) is 0 Å². The molecule has 0 saturated carbocycles. The fourth-order valence-corrected chi connectivity index (χ4v) is 3.70. The number of anilines is 1. The van der Waals surface area contributed by atoms with Crippen molar-refractivity contribution in [3.63, 3.8) is 0 Å². The van der Waals surface area contributed by atoms with Crippen molar-refractivity contribution in [3.8, 4) is 5.75 Å². The molecule has 2 fully saturated rings. The number of urea groups is 1. The lowest BCUT2D eigenvalue weighted by atomic mass is 10.1. The number of rotatable bonds is 10. The second-order valence-electron chi connectivity index (χ2n) is 8.10. The molecule has 8 nitrogen and oxygen atoms in total. The van der Waals surface area contributed by atoms with Gasteiger partial charge in [-0.1, -0.05) is 26.2 Å². The first-order valence-corrected chi connectivity index (χ1v) is 10.7. The lowest BCUT2D eigenvalue weighted by Gasteiger charge is -2.26. The van der Waals surface area contributed by atoms with E-state index in [1.807, 2.05) is 13.8 Å². The highest BCUT2D eigenvalue weighted by atomic mass is 16.8. The van der Waals surface area contributed by atoms with Gasteiger partial charge in [-0.05, 0) is 44.5 Å². The zero-order chi connectivity index (χ0) is 21.6. The molecule has 0 radical (unpaired) electrons.